The second-order valence-electron chi connectivity index (χ2n) is 2.30. The van der Waals surface area contributed by atoms with Crippen LogP contribution in [0, 0.1) is 0 Å². The van der Waals surface area contributed by atoms with Crippen LogP contribution in [0.5, 0.6) is 0 Å². The van der Waals surface area contributed by atoms with Gasteiger partial charge in [0, 0.05) is 27.3 Å². The van der Waals surface area contributed by atoms with Crippen molar-refractivity contribution in [2.75, 3.05) is 27.8 Å². The molecule has 1 N–H and O–H groups in total. The lowest BCUT2D eigenvalue weighted by Gasteiger charge is -2.06. The number of rotatable bonds is 3. The summed E-state index contributed by atoms with van der Waals surface area (Å²) < 4.78 is 4.60. The largest absolute Gasteiger partial charge is 0.510 e. The summed E-state index contributed by atoms with van der Waals surface area (Å²) in [7, 11) is 4.67. The number of methoxy groups -OCH3 is 1. The summed E-state index contributed by atoms with van der Waals surface area (Å²) in [4.78, 5) is 12.2. The second kappa shape index (κ2) is 4.73. The molecule has 64 valence electrons. The van der Waals surface area contributed by atoms with Crippen LogP contribution in [0.4, 0.5) is 0 Å². The molecule has 0 saturated carbocycles. The van der Waals surface area contributed by atoms with Gasteiger partial charge in [0.05, 0.1) is 0 Å². The molecule has 0 aliphatic rings. The predicted octanol–water partition coefficient (Wildman–Crippen LogP) is 0.163. The van der Waals surface area contributed by atoms with Crippen molar-refractivity contribution in [1.82, 2.24) is 4.90 Å². The van der Waals surface area contributed by atoms with E-state index in [0.717, 1.165) is 6.08 Å². The number of hydrogen-bond acceptors (Lipinski definition) is 3. The molecule has 0 radical (unpaired) electrons. The normalized spacial score (nSPS) is 11.4. The number of aliphatic hydroxyl groups excluding tert-OH is 1. The van der Waals surface area contributed by atoms with Crippen molar-refractivity contribution < 1.29 is 14.6 Å². The third-order valence-electron chi connectivity index (χ3n) is 1.02. The van der Waals surface area contributed by atoms with E-state index in [9.17, 15) is 4.79 Å². The Morgan fingerprint density at radius 3 is 2.55 bits per heavy atom. The summed E-state index contributed by atoms with van der Waals surface area (Å²) in [6.07, 6.45) is 1.13. The zero-order valence-corrected chi connectivity index (χ0v) is 7.00. The molecule has 0 spiro atoms. The molecule has 0 aliphatic carbocycles. The van der Waals surface area contributed by atoms with Crippen molar-refractivity contribution in [3.05, 3.63) is 11.8 Å². The summed E-state index contributed by atoms with van der Waals surface area (Å²) in [5.74, 6) is -0.314. The first kappa shape index (κ1) is 9.97. The molecule has 0 bridgehead atoms. The Morgan fingerprint density at radius 1 is 1.64 bits per heavy atom. The Labute approximate surface area is 66.1 Å². The minimum absolute atomic E-state index is 0.0637. The minimum atomic E-state index is -0.250. The molecular weight excluding hydrogens is 146 g/mol. The van der Waals surface area contributed by atoms with E-state index in [4.69, 9.17) is 5.11 Å². The Kier molecular flexibility index (Phi) is 4.29. The van der Waals surface area contributed by atoms with Crippen molar-refractivity contribution in [2.45, 2.75) is 0 Å². The van der Waals surface area contributed by atoms with Crippen LogP contribution < -0.4 is 0 Å². The smallest absolute Gasteiger partial charge is 0.249 e. The average Bonchev–Trinajstić information content (AvgIpc) is 1.87. The van der Waals surface area contributed by atoms with Gasteiger partial charge in [0.25, 0.3) is 0 Å². The van der Waals surface area contributed by atoms with Gasteiger partial charge < -0.3 is 14.7 Å². The van der Waals surface area contributed by atoms with Crippen LogP contribution in [-0.2, 0) is 9.53 Å². The van der Waals surface area contributed by atoms with E-state index in [1.54, 1.807) is 14.1 Å². The van der Waals surface area contributed by atoms with E-state index in [0.29, 0.717) is 0 Å². The van der Waals surface area contributed by atoms with E-state index >= 15 is 0 Å². The fourth-order valence-corrected chi connectivity index (χ4v) is 0.461. The van der Waals surface area contributed by atoms with Gasteiger partial charge in [-0.3, -0.25) is 4.79 Å². The van der Waals surface area contributed by atoms with E-state index in [1.807, 2.05) is 0 Å². The van der Waals surface area contributed by atoms with Crippen molar-refractivity contribution in [1.29, 1.82) is 0 Å². The molecule has 0 heterocycles. The molecule has 1 amide bonds. The number of carbonyl (C=O) groups is 1. The fraction of sp³-hybridized carbons (Fsp3) is 0.571. The van der Waals surface area contributed by atoms with Crippen molar-refractivity contribution in [3.63, 3.8) is 0 Å². The molecule has 0 aromatic carbocycles. The molecule has 0 saturated heterocycles. The lowest BCUT2D eigenvalue weighted by atomic mass is 10.4. The molecule has 0 rings (SSSR count). The molecule has 0 atom stereocenters. The van der Waals surface area contributed by atoms with Gasteiger partial charge in [-0.05, 0) is 0 Å². The summed E-state index contributed by atoms with van der Waals surface area (Å²) in [5.41, 5.74) is 0. The first-order chi connectivity index (χ1) is 5.07. The molecule has 0 unspecified atom stereocenters. The van der Waals surface area contributed by atoms with Crippen LogP contribution in [0.2, 0.25) is 0 Å². The van der Waals surface area contributed by atoms with Gasteiger partial charge in [0.15, 0.2) is 0 Å². The van der Waals surface area contributed by atoms with E-state index < -0.39 is 0 Å². The number of carbonyl (C=O) groups excluding carboxylic acids is 1. The van der Waals surface area contributed by atoms with Gasteiger partial charge in [-0.2, -0.15) is 0 Å². The lowest BCUT2D eigenvalue weighted by Crippen LogP contribution is -2.19. The molecule has 11 heavy (non-hydrogen) atoms. The van der Waals surface area contributed by atoms with E-state index in [1.165, 1.54) is 12.0 Å². The van der Waals surface area contributed by atoms with Crippen LogP contribution in [-0.4, -0.2) is 43.7 Å². The van der Waals surface area contributed by atoms with Crippen LogP contribution in [0.25, 0.3) is 0 Å². The lowest BCUT2D eigenvalue weighted by molar-refractivity contribution is -0.123. The quantitative estimate of drug-likeness (QED) is 0.471. The number of ether oxygens (including phenoxy) is 1. The first-order valence-electron chi connectivity index (χ1n) is 3.17. The maximum Gasteiger partial charge on any atom is 0.249 e. The summed E-state index contributed by atoms with van der Waals surface area (Å²) in [6, 6.07) is 0. The fourth-order valence-electron chi connectivity index (χ4n) is 0.461. The standard InChI is InChI=1S/C7H13NO3/c1-8(2)7(10)4-6(9)5-11-3/h4,9H,5H2,1-3H3/b6-4-. The van der Waals surface area contributed by atoms with Crippen LogP contribution >= 0.6 is 0 Å². The first-order valence-corrected chi connectivity index (χ1v) is 3.17. The number of aliphatic hydroxyl groups is 1. The molecule has 0 fully saturated rings. The Hall–Kier alpha value is -1.03. The summed E-state index contributed by atoms with van der Waals surface area (Å²) >= 11 is 0. The zero-order chi connectivity index (χ0) is 8.85. The topological polar surface area (TPSA) is 49.8 Å². The molecular formula is C7H13NO3. The van der Waals surface area contributed by atoms with Gasteiger partial charge in [0.2, 0.25) is 5.91 Å². The van der Waals surface area contributed by atoms with Gasteiger partial charge >= 0.3 is 0 Å². The van der Waals surface area contributed by atoms with Gasteiger partial charge in [-0.1, -0.05) is 0 Å². The zero-order valence-electron chi connectivity index (χ0n) is 7.00. The monoisotopic (exact) mass is 159 g/mol. The van der Waals surface area contributed by atoms with Crippen LogP contribution in [0.1, 0.15) is 0 Å². The Bertz CT molecular complexity index is 163. The van der Waals surface area contributed by atoms with Gasteiger partial charge in [0.1, 0.15) is 12.4 Å². The van der Waals surface area contributed by atoms with Crippen LogP contribution in [0.15, 0.2) is 11.8 Å². The number of hydrogen-bond donors (Lipinski definition) is 1. The Balaban J connectivity index is 3.97. The number of likely N-dealkylation sites (N-methyl/N-ethyl adjacent to an activating group) is 1. The number of nitrogens with zero attached hydrogens (tertiary/aromatic N) is 1. The van der Waals surface area contributed by atoms with Gasteiger partial charge in [-0.15, -0.1) is 0 Å². The van der Waals surface area contributed by atoms with Crippen LogP contribution in [0.3, 0.4) is 0 Å². The number of amides is 1. The molecule has 0 aromatic heterocycles. The second-order valence-corrected chi connectivity index (χ2v) is 2.30. The Morgan fingerprint density at radius 2 is 2.18 bits per heavy atom. The van der Waals surface area contributed by atoms with Gasteiger partial charge in [-0.25, -0.2) is 0 Å². The highest BCUT2D eigenvalue weighted by molar-refractivity contribution is 5.87. The molecule has 0 aliphatic heterocycles. The van der Waals surface area contributed by atoms with Crippen molar-refractivity contribution in [2.24, 2.45) is 0 Å². The summed E-state index contributed by atoms with van der Waals surface area (Å²) in [5, 5.41) is 8.96. The average molecular weight is 159 g/mol. The van der Waals surface area contributed by atoms with Crippen molar-refractivity contribution >= 4 is 5.91 Å². The third kappa shape index (κ3) is 4.38. The summed E-state index contributed by atoms with van der Waals surface area (Å²) in [6.45, 7) is 0.0690. The highest BCUT2D eigenvalue weighted by atomic mass is 16.5. The molecule has 4 heteroatoms. The maximum atomic E-state index is 10.9. The SMILES string of the molecule is COC/C(O)=C/C(=O)N(C)C. The van der Waals surface area contributed by atoms with E-state index in [2.05, 4.69) is 4.74 Å². The molecule has 0 aromatic rings. The third-order valence-corrected chi connectivity index (χ3v) is 1.02. The molecule has 4 nitrogen and oxygen atoms in total. The maximum absolute atomic E-state index is 10.9. The highest BCUT2D eigenvalue weighted by Crippen LogP contribution is 1.90. The minimum Gasteiger partial charge on any atom is -0.510 e. The highest BCUT2D eigenvalue weighted by Gasteiger charge is 2.00. The van der Waals surface area contributed by atoms with E-state index in [-0.39, 0.29) is 18.3 Å². The van der Waals surface area contributed by atoms with Crippen molar-refractivity contribution in [3.8, 4) is 0 Å². The predicted molar refractivity (Wildman–Crippen MR) is 41.3 cm³/mol.